The van der Waals surface area contributed by atoms with Gasteiger partial charge in [0.05, 0.1) is 17.7 Å². The fraction of sp³-hybridized carbons (Fsp3) is 0.273. The first-order valence-corrected chi connectivity index (χ1v) is 9.22. The molecule has 1 aliphatic rings. The van der Waals surface area contributed by atoms with Crippen LogP contribution >= 0.6 is 0 Å². The Morgan fingerprint density at radius 3 is 2.61 bits per heavy atom. The predicted molar refractivity (Wildman–Crippen MR) is 104 cm³/mol. The molecule has 0 bridgehead atoms. The van der Waals surface area contributed by atoms with E-state index in [1.165, 1.54) is 6.26 Å². The van der Waals surface area contributed by atoms with E-state index in [0.29, 0.717) is 30.5 Å². The van der Waals surface area contributed by atoms with Crippen molar-refractivity contribution >= 4 is 5.91 Å². The van der Waals surface area contributed by atoms with Gasteiger partial charge >= 0.3 is 0 Å². The lowest BCUT2D eigenvalue weighted by Gasteiger charge is -2.28. The number of nitrogens with zero attached hydrogens (tertiary/aromatic N) is 1. The summed E-state index contributed by atoms with van der Waals surface area (Å²) >= 11 is 0. The Hall–Kier alpha value is -3.28. The van der Waals surface area contributed by atoms with E-state index in [1.807, 2.05) is 62.4 Å². The molecule has 0 saturated heterocycles. The normalized spacial score (nSPS) is 13.2. The molecule has 0 atom stereocenters. The standard InChI is InChI=1S/C22H22N2O4/c1-22(2,16-8-9-18-19(12-16)27-11-10-26-18)24-20(25)13-17-14-28-21(23-17)15-6-4-3-5-7-15/h3-9,12,14H,10-11,13H2,1-2H3,(H,24,25). The lowest BCUT2D eigenvalue weighted by Crippen LogP contribution is -2.41. The zero-order valence-electron chi connectivity index (χ0n) is 15.9. The van der Waals surface area contributed by atoms with Crippen LogP contribution in [0.25, 0.3) is 11.5 Å². The molecule has 144 valence electrons. The van der Waals surface area contributed by atoms with Crippen LogP contribution in [0.4, 0.5) is 0 Å². The highest BCUT2D eigenvalue weighted by Gasteiger charge is 2.25. The zero-order valence-corrected chi connectivity index (χ0v) is 15.9. The number of carbonyl (C=O) groups is 1. The molecule has 1 amide bonds. The summed E-state index contributed by atoms with van der Waals surface area (Å²) in [6, 6.07) is 15.3. The molecule has 1 aromatic heterocycles. The Kier molecular flexibility index (Phi) is 4.77. The fourth-order valence-electron chi connectivity index (χ4n) is 3.16. The summed E-state index contributed by atoms with van der Waals surface area (Å²) < 4.78 is 16.7. The summed E-state index contributed by atoms with van der Waals surface area (Å²) in [5.41, 5.74) is 1.84. The Balaban J connectivity index is 1.44. The monoisotopic (exact) mass is 378 g/mol. The van der Waals surface area contributed by atoms with Crippen molar-refractivity contribution in [2.75, 3.05) is 13.2 Å². The highest BCUT2D eigenvalue weighted by Crippen LogP contribution is 2.34. The van der Waals surface area contributed by atoms with Crippen molar-refractivity contribution in [1.82, 2.24) is 10.3 Å². The van der Waals surface area contributed by atoms with Gasteiger partial charge < -0.3 is 19.2 Å². The largest absolute Gasteiger partial charge is 0.486 e. The van der Waals surface area contributed by atoms with E-state index < -0.39 is 5.54 Å². The number of nitrogens with one attached hydrogen (secondary N) is 1. The van der Waals surface area contributed by atoms with Gasteiger partial charge in [0.25, 0.3) is 0 Å². The third-order valence-electron chi connectivity index (χ3n) is 4.63. The maximum atomic E-state index is 12.6. The number of hydrogen-bond donors (Lipinski definition) is 1. The van der Waals surface area contributed by atoms with Crippen LogP contribution in [0.15, 0.2) is 59.2 Å². The molecule has 0 unspecified atom stereocenters. The molecular formula is C22H22N2O4. The van der Waals surface area contributed by atoms with Crippen molar-refractivity contribution in [1.29, 1.82) is 0 Å². The van der Waals surface area contributed by atoms with E-state index in [4.69, 9.17) is 13.9 Å². The van der Waals surface area contributed by atoms with E-state index in [2.05, 4.69) is 10.3 Å². The fourth-order valence-corrected chi connectivity index (χ4v) is 3.16. The number of aromatic nitrogens is 1. The van der Waals surface area contributed by atoms with E-state index in [0.717, 1.165) is 16.9 Å². The van der Waals surface area contributed by atoms with Gasteiger partial charge in [0.1, 0.15) is 19.5 Å². The van der Waals surface area contributed by atoms with Gasteiger partial charge in [-0.1, -0.05) is 24.3 Å². The third kappa shape index (κ3) is 3.86. The first-order chi connectivity index (χ1) is 13.5. The van der Waals surface area contributed by atoms with Crippen LogP contribution in [0, 0.1) is 0 Å². The zero-order chi connectivity index (χ0) is 19.6. The van der Waals surface area contributed by atoms with Gasteiger partial charge in [-0.2, -0.15) is 0 Å². The number of rotatable bonds is 5. The second-order valence-corrected chi connectivity index (χ2v) is 7.22. The Morgan fingerprint density at radius 1 is 1.07 bits per heavy atom. The van der Waals surface area contributed by atoms with Crippen LogP contribution in [0.3, 0.4) is 0 Å². The maximum absolute atomic E-state index is 12.6. The summed E-state index contributed by atoms with van der Waals surface area (Å²) in [6.45, 7) is 4.98. The molecule has 4 rings (SSSR count). The van der Waals surface area contributed by atoms with Crippen molar-refractivity contribution in [2.45, 2.75) is 25.8 Å². The molecule has 0 aliphatic carbocycles. The van der Waals surface area contributed by atoms with Crippen LogP contribution in [0.5, 0.6) is 11.5 Å². The van der Waals surface area contributed by atoms with Crippen molar-refractivity contribution in [3.05, 3.63) is 66.1 Å². The van der Waals surface area contributed by atoms with Crippen molar-refractivity contribution < 1.29 is 18.7 Å². The lowest BCUT2D eigenvalue weighted by atomic mass is 9.93. The Morgan fingerprint density at radius 2 is 1.82 bits per heavy atom. The topological polar surface area (TPSA) is 73.6 Å². The average molecular weight is 378 g/mol. The average Bonchev–Trinajstić information content (AvgIpc) is 3.16. The molecule has 0 spiro atoms. The minimum atomic E-state index is -0.571. The number of carbonyl (C=O) groups excluding carboxylic acids is 1. The summed E-state index contributed by atoms with van der Waals surface area (Å²) in [4.78, 5) is 17.0. The molecule has 0 saturated carbocycles. The first-order valence-electron chi connectivity index (χ1n) is 9.22. The molecule has 1 N–H and O–H groups in total. The quantitative estimate of drug-likeness (QED) is 0.733. The Bertz CT molecular complexity index is 979. The van der Waals surface area contributed by atoms with E-state index in [9.17, 15) is 4.79 Å². The SMILES string of the molecule is CC(C)(NC(=O)Cc1coc(-c2ccccc2)n1)c1ccc2c(c1)OCCO2. The number of benzene rings is 2. The third-order valence-corrected chi connectivity index (χ3v) is 4.63. The van der Waals surface area contributed by atoms with Gasteiger partial charge in [0.15, 0.2) is 11.5 Å². The summed E-state index contributed by atoms with van der Waals surface area (Å²) in [5, 5.41) is 3.06. The van der Waals surface area contributed by atoms with E-state index >= 15 is 0 Å². The number of amides is 1. The first kappa shape index (κ1) is 18.1. The van der Waals surface area contributed by atoms with Crippen molar-refractivity contribution in [2.24, 2.45) is 0 Å². The van der Waals surface area contributed by atoms with Crippen LogP contribution < -0.4 is 14.8 Å². The number of fused-ring (bicyclic) bond motifs is 1. The van der Waals surface area contributed by atoms with E-state index in [-0.39, 0.29) is 12.3 Å². The van der Waals surface area contributed by atoms with Gasteiger partial charge in [0.2, 0.25) is 11.8 Å². The highest BCUT2D eigenvalue weighted by atomic mass is 16.6. The lowest BCUT2D eigenvalue weighted by molar-refractivity contribution is -0.122. The predicted octanol–water partition coefficient (Wildman–Crippen LogP) is 3.71. The smallest absolute Gasteiger partial charge is 0.226 e. The molecular weight excluding hydrogens is 356 g/mol. The van der Waals surface area contributed by atoms with Gasteiger partial charge in [-0.3, -0.25) is 4.79 Å². The Labute approximate surface area is 163 Å². The minimum absolute atomic E-state index is 0.132. The molecule has 2 heterocycles. The van der Waals surface area contributed by atoms with Gasteiger partial charge in [-0.05, 0) is 43.7 Å². The molecule has 1 aliphatic heterocycles. The maximum Gasteiger partial charge on any atom is 0.226 e. The summed E-state index contributed by atoms with van der Waals surface area (Å²) in [7, 11) is 0. The number of hydrogen-bond acceptors (Lipinski definition) is 5. The minimum Gasteiger partial charge on any atom is -0.486 e. The van der Waals surface area contributed by atoms with Crippen LogP contribution in [-0.2, 0) is 16.8 Å². The molecule has 0 fully saturated rings. The molecule has 28 heavy (non-hydrogen) atoms. The molecule has 6 nitrogen and oxygen atoms in total. The summed E-state index contributed by atoms with van der Waals surface area (Å²) in [6.07, 6.45) is 1.67. The second kappa shape index (κ2) is 7.38. The van der Waals surface area contributed by atoms with Crippen molar-refractivity contribution in [3.63, 3.8) is 0 Å². The van der Waals surface area contributed by atoms with Gasteiger partial charge in [0, 0.05) is 5.56 Å². The van der Waals surface area contributed by atoms with Gasteiger partial charge in [-0.15, -0.1) is 0 Å². The van der Waals surface area contributed by atoms with Crippen LogP contribution in [0.1, 0.15) is 25.1 Å². The highest BCUT2D eigenvalue weighted by molar-refractivity contribution is 5.79. The second-order valence-electron chi connectivity index (χ2n) is 7.22. The van der Waals surface area contributed by atoms with Crippen LogP contribution in [-0.4, -0.2) is 24.1 Å². The van der Waals surface area contributed by atoms with E-state index in [1.54, 1.807) is 0 Å². The molecule has 0 radical (unpaired) electrons. The number of ether oxygens (including phenoxy) is 2. The number of oxazole rings is 1. The van der Waals surface area contributed by atoms with Gasteiger partial charge in [-0.25, -0.2) is 4.98 Å². The van der Waals surface area contributed by atoms with Crippen LogP contribution in [0.2, 0.25) is 0 Å². The van der Waals surface area contributed by atoms with Crippen molar-refractivity contribution in [3.8, 4) is 23.0 Å². The molecule has 6 heteroatoms. The molecule has 2 aromatic carbocycles. The summed E-state index contributed by atoms with van der Waals surface area (Å²) in [5.74, 6) is 1.81. The molecule has 3 aromatic rings.